The predicted octanol–water partition coefficient (Wildman–Crippen LogP) is -5.31. The lowest BCUT2D eigenvalue weighted by Gasteiger charge is -2.46. The van der Waals surface area contributed by atoms with Crippen molar-refractivity contribution in [2.24, 2.45) is 0 Å². The quantitative estimate of drug-likeness (QED) is 0.0131. The summed E-state index contributed by atoms with van der Waals surface area (Å²) in [5, 5.41) is 124. The van der Waals surface area contributed by atoms with Gasteiger partial charge < -0.3 is 130 Å². The third-order valence-electron chi connectivity index (χ3n) is 14.8. The average molecular weight is 1360 g/mol. The highest BCUT2D eigenvalue weighted by Crippen LogP contribution is 2.35. The highest BCUT2D eigenvalue weighted by molar-refractivity contribution is 8.76. The Morgan fingerprint density at radius 1 is 0.677 bits per heavy atom. The number of hydrogen-bond acceptors (Lipinski definition) is 29. The van der Waals surface area contributed by atoms with Crippen LogP contribution in [0.3, 0.4) is 0 Å². The number of esters is 1. The van der Waals surface area contributed by atoms with E-state index >= 15 is 4.39 Å². The molecule has 0 spiro atoms. The van der Waals surface area contributed by atoms with Crippen LogP contribution in [0.2, 0.25) is 0 Å². The molecule has 35 heteroatoms. The molecule has 6 rings (SSSR count). The molecule has 15 N–H and O–H groups in total. The van der Waals surface area contributed by atoms with Crippen molar-refractivity contribution in [2.75, 3.05) is 109 Å². The van der Waals surface area contributed by atoms with Gasteiger partial charge in [-0.05, 0) is 23.8 Å². The zero-order valence-corrected chi connectivity index (χ0v) is 52.2. The molecule has 4 aliphatic rings. The number of anilines is 1. The van der Waals surface area contributed by atoms with Crippen molar-refractivity contribution in [3.05, 3.63) is 65.2 Å². The number of nitrogens with one attached hydrogen (secondary N) is 4. The van der Waals surface area contributed by atoms with Crippen molar-refractivity contribution in [1.82, 2.24) is 21.3 Å². The number of alkyl halides is 1. The number of fused-ring (bicyclic) bond motifs is 2. The molecule has 0 radical (unpaired) electrons. The number of rotatable bonds is 36. The van der Waals surface area contributed by atoms with Crippen LogP contribution in [-0.2, 0) is 77.9 Å². The number of para-hydroxylation sites is 1. The second kappa shape index (κ2) is 38.9. The third kappa shape index (κ3) is 22.5. The van der Waals surface area contributed by atoms with Gasteiger partial charge in [0, 0.05) is 68.0 Å². The van der Waals surface area contributed by atoms with Gasteiger partial charge in [-0.3, -0.25) is 19.2 Å². The van der Waals surface area contributed by atoms with E-state index in [1.807, 2.05) is 53.8 Å². The minimum Gasteiger partial charge on any atom is -0.465 e. The molecule has 2 aromatic rings. The maximum absolute atomic E-state index is 15.1. The Kier molecular flexibility index (Phi) is 32.0. The minimum atomic E-state index is -3.46. The third-order valence-corrected chi connectivity index (χ3v) is 17.2. The van der Waals surface area contributed by atoms with E-state index < -0.39 is 147 Å². The summed E-state index contributed by atoms with van der Waals surface area (Å²) in [6.07, 6.45) is -30.8. The Morgan fingerprint density at radius 2 is 1.28 bits per heavy atom. The Labute approximate surface area is 541 Å². The van der Waals surface area contributed by atoms with E-state index in [0.717, 1.165) is 45.4 Å². The van der Waals surface area contributed by atoms with Crippen LogP contribution in [0.1, 0.15) is 42.4 Å². The fourth-order valence-corrected chi connectivity index (χ4v) is 11.5. The van der Waals surface area contributed by atoms with E-state index in [4.69, 9.17) is 42.6 Å². The van der Waals surface area contributed by atoms with Gasteiger partial charge in [-0.1, -0.05) is 63.8 Å². The van der Waals surface area contributed by atoms with Crippen molar-refractivity contribution < 1.29 is 137 Å². The van der Waals surface area contributed by atoms with Gasteiger partial charge in [-0.2, -0.15) is 0 Å². The smallest absolute Gasteiger partial charge is 0.407 e. The van der Waals surface area contributed by atoms with Crippen LogP contribution in [0.15, 0.2) is 48.5 Å². The van der Waals surface area contributed by atoms with Crippen molar-refractivity contribution in [3.63, 3.8) is 0 Å². The summed E-state index contributed by atoms with van der Waals surface area (Å²) in [5.41, 5.74) is 3.20. The van der Waals surface area contributed by atoms with E-state index in [9.17, 15) is 84.9 Å². The highest BCUT2D eigenvalue weighted by atomic mass is 33.1. The molecule has 32 nitrogen and oxygen atoms in total. The zero-order chi connectivity index (χ0) is 67.6. The van der Waals surface area contributed by atoms with E-state index in [-0.39, 0.29) is 115 Å². The zero-order valence-electron chi connectivity index (χ0n) is 50.6. The molecule has 4 aliphatic heterocycles. The minimum absolute atomic E-state index is 0.00815. The van der Waals surface area contributed by atoms with Crippen LogP contribution in [0.25, 0.3) is 0 Å². The standard InChI is InChI=1S/C58H82FN5O27S2/c1-82-56(79)58(81)53(59)46(73)43(52(91-58)44(71)36(66)31-65)63-57(80)87-25-27-93-92-26-15-41(69)62-29-38-51(48(75)49(76)54(78)88-38)90-55-50(77)47(74)45(72)37(89-55)28-61-40(68)14-17-83-19-21-85-23-24-86-22-20-84-18-16-60-39(67)12-13-42(70)64-30-34-8-3-2-6-32(34)10-11-33-7-4-5-9-35(33)64/h2-9,36-38,43-55,65-66,71-78,81H,12-31H2,1H3,(H,60,67)(H,61,68)(H,62,69)(H,63,80)/t36-,37-,38-,43-,44-,45-,46-,47+,48-,49-,50-,51-,52-,53-,54-,55+,58?/m1/s1. The molecule has 3 fully saturated rings. The van der Waals surface area contributed by atoms with Gasteiger partial charge >= 0.3 is 17.8 Å². The normalized spacial score (nSPS) is 28.1. The van der Waals surface area contributed by atoms with Crippen LogP contribution < -0.4 is 26.2 Å². The van der Waals surface area contributed by atoms with E-state index in [2.05, 4.69) is 32.5 Å². The fraction of sp³-hybridized carbons (Fsp3) is 0.655. The molecule has 3 saturated heterocycles. The summed E-state index contributed by atoms with van der Waals surface area (Å²) in [7, 11) is 3.06. The average Bonchev–Trinajstić information content (AvgIpc) is 0.767. The van der Waals surface area contributed by atoms with Crippen molar-refractivity contribution in [2.45, 2.75) is 136 Å². The van der Waals surface area contributed by atoms with Gasteiger partial charge in [0.25, 0.3) is 0 Å². The predicted molar refractivity (Wildman–Crippen MR) is 320 cm³/mol. The van der Waals surface area contributed by atoms with Crippen LogP contribution >= 0.6 is 21.6 Å². The monoisotopic (exact) mass is 1360 g/mol. The van der Waals surface area contributed by atoms with Crippen molar-refractivity contribution >= 4 is 63.0 Å². The van der Waals surface area contributed by atoms with E-state index in [1.54, 1.807) is 4.90 Å². The van der Waals surface area contributed by atoms with Gasteiger partial charge in [0.1, 0.15) is 79.9 Å². The SMILES string of the molecule is COC(=O)C1(O)O[C@@H]([C@H](O)[C@H](O)CO)[C@H](NC(=O)OCCSSCCC(=O)NC[C@H]2O[C@@H](O)[C@H](O)[C@@H](O)[C@@H]2O[C@@H]2O[C@H](CNC(=O)CCOCCOCCOCCOCCNC(=O)CCC(=O)N3Cc4ccccc4C#Cc4ccccc43)[C@@H](O)[C@H](O)[C@H]2O)[C@@H](O)[C@H]1F. The van der Waals surface area contributed by atoms with E-state index in [1.165, 1.54) is 0 Å². The van der Waals surface area contributed by atoms with Gasteiger partial charge in [0.2, 0.25) is 23.6 Å². The second-order valence-corrected chi connectivity index (χ2v) is 24.0. The number of hydrogen-bond donors (Lipinski definition) is 15. The molecule has 0 aliphatic carbocycles. The molecular weight excluding hydrogens is 1280 g/mol. The summed E-state index contributed by atoms with van der Waals surface area (Å²) in [4.78, 5) is 77.8. The van der Waals surface area contributed by atoms with E-state index in [0.29, 0.717) is 12.2 Å². The number of carbonyl (C=O) groups is 6. The van der Waals surface area contributed by atoms with Crippen LogP contribution in [0.5, 0.6) is 0 Å². The molecule has 4 heterocycles. The maximum atomic E-state index is 15.1. The van der Waals surface area contributed by atoms with Gasteiger partial charge in [-0.15, -0.1) is 0 Å². The molecule has 520 valence electrons. The summed E-state index contributed by atoms with van der Waals surface area (Å²) >= 11 is 0. The first-order valence-electron chi connectivity index (χ1n) is 29.7. The lowest BCUT2D eigenvalue weighted by molar-refractivity contribution is -0.349. The molecule has 2 aromatic carbocycles. The molecule has 5 amide bonds. The first-order valence-corrected chi connectivity index (χ1v) is 32.2. The number of alkyl carbamates (subject to hydrolysis) is 1. The Hall–Kier alpha value is -5.51. The summed E-state index contributed by atoms with van der Waals surface area (Å²) in [6, 6.07) is 13.1. The van der Waals surface area contributed by atoms with Gasteiger partial charge in [0.15, 0.2) is 18.8 Å². The van der Waals surface area contributed by atoms with Gasteiger partial charge in [-0.25, -0.2) is 14.0 Å². The number of aliphatic hydroxyl groups is 11. The lowest BCUT2D eigenvalue weighted by Crippen LogP contribution is -2.72. The molecule has 93 heavy (non-hydrogen) atoms. The highest BCUT2D eigenvalue weighted by Gasteiger charge is 2.62. The number of methoxy groups -OCH3 is 1. The maximum Gasteiger partial charge on any atom is 0.407 e. The van der Waals surface area contributed by atoms with Crippen molar-refractivity contribution in [3.8, 4) is 11.8 Å². The molecule has 0 bridgehead atoms. The Bertz CT molecular complexity index is 2780. The molecule has 0 saturated carbocycles. The lowest BCUT2D eigenvalue weighted by atomic mass is 9.87. The van der Waals surface area contributed by atoms with Crippen molar-refractivity contribution in [1.29, 1.82) is 0 Å². The molecule has 17 atom stereocenters. The summed E-state index contributed by atoms with van der Waals surface area (Å²) < 4.78 is 68.2. The first-order chi connectivity index (χ1) is 44.6. The van der Waals surface area contributed by atoms with Crippen LogP contribution in [0.4, 0.5) is 14.9 Å². The largest absolute Gasteiger partial charge is 0.465 e. The number of ether oxygens (including phenoxy) is 10. The second-order valence-electron chi connectivity index (χ2n) is 21.3. The topological polar surface area (TPSA) is 469 Å². The Morgan fingerprint density at radius 3 is 1.97 bits per heavy atom. The summed E-state index contributed by atoms with van der Waals surface area (Å²) in [5.74, 6) is -0.128. The molecular formula is C58H82FN5O27S2. The summed E-state index contributed by atoms with van der Waals surface area (Å²) in [6.45, 7) is -0.0283. The number of amides is 5. The number of nitrogens with zero attached hydrogens (tertiary/aromatic N) is 1. The number of halogens is 1. The molecule has 0 aromatic heterocycles. The number of benzene rings is 2. The number of carbonyl (C=O) groups excluding carboxylic acids is 6. The van der Waals surface area contributed by atoms with Crippen LogP contribution in [-0.4, -0.2) is 300 Å². The van der Waals surface area contributed by atoms with Gasteiger partial charge in [0.05, 0.1) is 84.8 Å². The fourth-order valence-electron chi connectivity index (χ4n) is 9.69. The Balaban J connectivity index is 0.785. The first kappa shape index (κ1) is 76.5. The number of aliphatic hydroxyl groups excluding tert-OH is 10. The van der Waals surface area contributed by atoms with Crippen LogP contribution in [0, 0.1) is 11.8 Å². The molecule has 1 unspecified atom stereocenters.